The number of carbonyl (C=O) groups is 3. The zero-order valence-corrected chi connectivity index (χ0v) is 22.4. The van der Waals surface area contributed by atoms with Gasteiger partial charge in [0, 0.05) is 24.2 Å². The topological polar surface area (TPSA) is 112 Å². The second-order valence-corrected chi connectivity index (χ2v) is 10.0. The number of anilines is 1. The molecule has 0 saturated carbocycles. The van der Waals surface area contributed by atoms with Gasteiger partial charge in [-0.2, -0.15) is 0 Å². The van der Waals surface area contributed by atoms with E-state index in [4.69, 9.17) is 4.74 Å². The van der Waals surface area contributed by atoms with Gasteiger partial charge in [0.05, 0.1) is 18.6 Å². The molecule has 0 aliphatic carbocycles. The minimum Gasteiger partial charge on any atom is -0.497 e. The molecule has 2 N–H and O–H groups in total. The molecule has 0 fully saturated rings. The Morgan fingerprint density at radius 3 is 2.52 bits per heavy atom. The number of amidine groups is 2. The molecular formula is C29H26FN5O4S. The van der Waals surface area contributed by atoms with Crippen molar-refractivity contribution in [1.82, 2.24) is 10.2 Å². The van der Waals surface area contributed by atoms with Gasteiger partial charge in [-0.05, 0) is 60.5 Å². The standard InChI is InChI=1S/C29H26FN5O4S/c1-39-21-12-6-18(7-13-21)16-31-25(36)15-14-24-28(38)35-27(33-24)22-4-2-3-5-23(22)34-29(35)40-17-26(37)32-20-10-8-19(30)9-11-20/h2-13,24H,14-17H2,1H3,(H,31,36)(H,32,37). The van der Waals surface area contributed by atoms with E-state index in [1.165, 1.54) is 29.2 Å². The van der Waals surface area contributed by atoms with Crippen LogP contribution in [0.1, 0.15) is 24.0 Å². The third-order valence-electron chi connectivity index (χ3n) is 6.30. The first-order valence-corrected chi connectivity index (χ1v) is 13.6. The highest BCUT2D eigenvalue weighted by molar-refractivity contribution is 8.14. The summed E-state index contributed by atoms with van der Waals surface area (Å²) >= 11 is 1.11. The molecule has 0 bridgehead atoms. The number of thioether (sulfide) groups is 1. The van der Waals surface area contributed by atoms with Crippen molar-refractivity contribution < 1.29 is 23.5 Å². The number of fused-ring (bicyclic) bond motifs is 3. The monoisotopic (exact) mass is 559 g/mol. The predicted molar refractivity (Wildman–Crippen MR) is 152 cm³/mol. The van der Waals surface area contributed by atoms with Crippen molar-refractivity contribution >= 4 is 51.9 Å². The first-order valence-electron chi connectivity index (χ1n) is 12.6. The summed E-state index contributed by atoms with van der Waals surface area (Å²) in [4.78, 5) is 49.2. The fourth-order valence-corrected chi connectivity index (χ4v) is 5.05. The summed E-state index contributed by atoms with van der Waals surface area (Å²) in [6.45, 7) is 0.364. The van der Waals surface area contributed by atoms with Crippen LogP contribution in [0.4, 0.5) is 15.8 Å². The lowest BCUT2D eigenvalue weighted by molar-refractivity contribution is -0.125. The molecule has 3 aromatic carbocycles. The van der Waals surface area contributed by atoms with Gasteiger partial charge in [0.2, 0.25) is 11.8 Å². The van der Waals surface area contributed by atoms with E-state index in [0.29, 0.717) is 34.5 Å². The molecule has 2 heterocycles. The molecule has 0 spiro atoms. The molecule has 1 atom stereocenters. The Morgan fingerprint density at radius 2 is 1.77 bits per heavy atom. The van der Waals surface area contributed by atoms with Crippen LogP contribution in [0.15, 0.2) is 82.8 Å². The number of nitrogens with one attached hydrogen (secondary N) is 2. The number of hydrogen-bond donors (Lipinski definition) is 2. The third kappa shape index (κ3) is 6.20. The van der Waals surface area contributed by atoms with Crippen LogP contribution in [-0.2, 0) is 20.9 Å². The Labute approximate surface area is 234 Å². The van der Waals surface area contributed by atoms with E-state index in [2.05, 4.69) is 20.6 Å². The summed E-state index contributed by atoms with van der Waals surface area (Å²) < 4.78 is 18.3. The van der Waals surface area contributed by atoms with Gasteiger partial charge in [0.25, 0.3) is 5.91 Å². The molecule has 40 heavy (non-hydrogen) atoms. The number of para-hydroxylation sites is 1. The first-order chi connectivity index (χ1) is 19.4. The maximum absolute atomic E-state index is 13.4. The molecule has 2 aliphatic heterocycles. The van der Waals surface area contributed by atoms with Crippen molar-refractivity contribution in [3.63, 3.8) is 0 Å². The molecule has 1 unspecified atom stereocenters. The lowest BCUT2D eigenvalue weighted by atomic mass is 10.1. The molecule has 9 nitrogen and oxygen atoms in total. The van der Waals surface area contributed by atoms with Gasteiger partial charge in [-0.1, -0.05) is 36.0 Å². The quantitative estimate of drug-likeness (QED) is 0.407. The Hall–Kier alpha value is -4.51. The maximum Gasteiger partial charge on any atom is 0.259 e. The van der Waals surface area contributed by atoms with E-state index in [9.17, 15) is 18.8 Å². The minimum atomic E-state index is -0.744. The van der Waals surface area contributed by atoms with Crippen molar-refractivity contribution in [2.24, 2.45) is 9.98 Å². The van der Waals surface area contributed by atoms with Crippen molar-refractivity contribution in [2.45, 2.75) is 25.4 Å². The number of aliphatic imine (C=N–C) groups is 2. The number of nitrogens with zero attached hydrogens (tertiary/aromatic N) is 3. The summed E-state index contributed by atoms with van der Waals surface area (Å²) in [6, 6.07) is 19.5. The molecule has 0 aromatic heterocycles. The van der Waals surface area contributed by atoms with Crippen LogP contribution >= 0.6 is 11.8 Å². The van der Waals surface area contributed by atoms with Gasteiger partial charge in [-0.15, -0.1) is 0 Å². The molecule has 11 heteroatoms. The van der Waals surface area contributed by atoms with Crippen LogP contribution in [0.5, 0.6) is 5.75 Å². The van der Waals surface area contributed by atoms with Crippen LogP contribution in [0.3, 0.4) is 0 Å². The Balaban J connectivity index is 1.22. The van der Waals surface area contributed by atoms with Crippen molar-refractivity contribution in [3.05, 3.63) is 89.7 Å². The van der Waals surface area contributed by atoms with Crippen LogP contribution in [-0.4, -0.2) is 52.5 Å². The van der Waals surface area contributed by atoms with Gasteiger partial charge in [0.1, 0.15) is 23.4 Å². The second-order valence-electron chi connectivity index (χ2n) is 9.06. The van der Waals surface area contributed by atoms with Gasteiger partial charge in [-0.25, -0.2) is 14.3 Å². The summed E-state index contributed by atoms with van der Waals surface area (Å²) in [6.07, 6.45) is 0.358. The molecule has 3 amide bonds. The summed E-state index contributed by atoms with van der Waals surface area (Å²) in [5.41, 5.74) is 2.75. The minimum absolute atomic E-state index is 0.0200. The van der Waals surface area contributed by atoms with E-state index in [0.717, 1.165) is 23.1 Å². The zero-order chi connectivity index (χ0) is 28.1. The predicted octanol–water partition coefficient (Wildman–Crippen LogP) is 4.26. The van der Waals surface area contributed by atoms with Gasteiger partial charge in [0.15, 0.2) is 5.17 Å². The number of hydrogen-bond acceptors (Lipinski definition) is 7. The fourth-order valence-electron chi connectivity index (χ4n) is 4.25. The lowest BCUT2D eigenvalue weighted by Crippen LogP contribution is -2.41. The molecule has 0 radical (unpaired) electrons. The lowest BCUT2D eigenvalue weighted by Gasteiger charge is -2.25. The smallest absolute Gasteiger partial charge is 0.259 e. The van der Waals surface area contributed by atoms with Crippen molar-refractivity contribution in [3.8, 4) is 5.75 Å². The number of benzene rings is 3. The number of methoxy groups -OCH3 is 1. The van der Waals surface area contributed by atoms with Crippen LogP contribution < -0.4 is 15.4 Å². The van der Waals surface area contributed by atoms with Crippen LogP contribution in [0.25, 0.3) is 0 Å². The Bertz CT molecular complexity index is 1490. The summed E-state index contributed by atoms with van der Waals surface area (Å²) in [7, 11) is 1.59. The van der Waals surface area contributed by atoms with Gasteiger partial charge >= 0.3 is 0 Å². The fraction of sp³-hybridized carbons (Fsp3) is 0.207. The largest absolute Gasteiger partial charge is 0.497 e. The SMILES string of the molecule is COc1ccc(CNC(=O)CCC2N=C3c4ccccc4N=C(SCC(=O)Nc4ccc(F)cc4)N3C2=O)cc1. The number of ether oxygens (including phenoxy) is 1. The van der Waals surface area contributed by atoms with Crippen LogP contribution in [0.2, 0.25) is 0 Å². The first kappa shape index (κ1) is 27.1. The highest BCUT2D eigenvalue weighted by Crippen LogP contribution is 2.34. The van der Waals surface area contributed by atoms with Gasteiger partial charge in [-0.3, -0.25) is 19.4 Å². The van der Waals surface area contributed by atoms with Crippen molar-refractivity contribution in [1.29, 1.82) is 0 Å². The maximum atomic E-state index is 13.4. The highest BCUT2D eigenvalue weighted by atomic mass is 32.2. The van der Waals surface area contributed by atoms with E-state index in [-0.39, 0.29) is 36.3 Å². The summed E-state index contributed by atoms with van der Waals surface area (Å²) in [5, 5.41) is 5.91. The molecule has 5 rings (SSSR count). The average Bonchev–Trinajstić information content (AvgIpc) is 3.31. The van der Waals surface area contributed by atoms with Gasteiger partial charge < -0.3 is 15.4 Å². The number of halogens is 1. The summed E-state index contributed by atoms with van der Waals surface area (Å²) in [5.74, 6) is -0.0252. The normalized spacial score (nSPS) is 15.5. The van der Waals surface area contributed by atoms with E-state index in [1.54, 1.807) is 7.11 Å². The molecule has 204 valence electrons. The van der Waals surface area contributed by atoms with E-state index >= 15 is 0 Å². The average molecular weight is 560 g/mol. The second kappa shape index (κ2) is 12.1. The highest BCUT2D eigenvalue weighted by Gasteiger charge is 2.41. The zero-order valence-electron chi connectivity index (χ0n) is 21.6. The Kier molecular flexibility index (Phi) is 8.20. The molecule has 2 aliphatic rings. The van der Waals surface area contributed by atoms with E-state index in [1.807, 2.05) is 48.5 Å². The molecule has 3 aromatic rings. The number of rotatable bonds is 9. The van der Waals surface area contributed by atoms with Crippen molar-refractivity contribution in [2.75, 3.05) is 18.2 Å². The molecule has 0 saturated heterocycles. The number of amides is 3. The van der Waals surface area contributed by atoms with E-state index < -0.39 is 11.9 Å². The molecular weight excluding hydrogens is 533 g/mol. The third-order valence-corrected chi connectivity index (χ3v) is 7.24. The number of carbonyl (C=O) groups excluding carboxylic acids is 3. The van der Waals surface area contributed by atoms with Crippen LogP contribution in [0, 0.1) is 5.82 Å². The Morgan fingerprint density at radius 1 is 1.02 bits per heavy atom.